The van der Waals surface area contributed by atoms with Crippen molar-refractivity contribution in [1.82, 2.24) is 14.7 Å². The zero-order chi connectivity index (χ0) is 19.7. The Morgan fingerprint density at radius 3 is 2.50 bits per heavy atom. The van der Waals surface area contributed by atoms with Crippen LogP contribution >= 0.6 is 0 Å². The highest BCUT2D eigenvalue weighted by Crippen LogP contribution is 2.44. The number of rotatable bonds is 4. The van der Waals surface area contributed by atoms with Crippen LogP contribution in [0.4, 0.5) is 4.79 Å². The third-order valence-electron chi connectivity index (χ3n) is 6.40. The normalized spacial score (nSPS) is 26.7. The Balaban J connectivity index is 1.39. The molecule has 0 bridgehead atoms. The number of hydrogen-bond acceptors (Lipinski definition) is 4. The van der Waals surface area contributed by atoms with Crippen molar-refractivity contribution < 1.29 is 19.1 Å². The third kappa shape index (κ3) is 3.02. The van der Waals surface area contributed by atoms with Crippen LogP contribution in [0.2, 0.25) is 0 Å². The summed E-state index contributed by atoms with van der Waals surface area (Å²) in [6.45, 7) is 4.29. The van der Waals surface area contributed by atoms with Crippen LogP contribution in [-0.2, 0) is 20.9 Å². The predicted octanol–water partition coefficient (Wildman–Crippen LogP) is 2.01. The standard InChI is InChI=1S/C21H27N3O4/c1-16-21(19(26)23(16)14-18(25)22-11-5-6-12-22)10-7-13-24(21)20(27)28-15-17-8-3-2-4-9-17/h2-4,8-9,16H,5-7,10-15H2,1H3. The van der Waals surface area contributed by atoms with E-state index in [1.807, 2.05) is 42.2 Å². The fourth-order valence-corrected chi connectivity index (χ4v) is 4.77. The van der Waals surface area contributed by atoms with Crippen LogP contribution in [0, 0.1) is 0 Å². The maximum Gasteiger partial charge on any atom is 0.411 e. The molecular formula is C21H27N3O4. The van der Waals surface area contributed by atoms with Gasteiger partial charge in [0.05, 0.1) is 6.04 Å². The molecule has 2 atom stereocenters. The number of carbonyl (C=O) groups excluding carboxylic acids is 3. The lowest BCUT2D eigenvalue weighted by molar-refractivity contribution is -0.172. The maximum atomic E-state index is 13.0. The Morgan fingerprint density at radius 1 is 1.11 bits per heavy atom. The van der Waals surface area contributed by atoms with E-state index in [9.17, 15) is 14.4 Å². The number of likely N-dealkylation sites (tertiary alicyclic amines) is 3. The summed E-state index contributed by atoms with van der Waals surface area (Å²) in [6, 6.07) is 9.32. The lowest BCUT2D eigenvalue weighted by Crippen LogP contribution is -2.78. The molecule has 1 spiro atoms. The Bertz CT molecular complexity index is 762. The first-order chi connectivity index (χ1) is 13.5. The highest BCUT2D eigenvalue weighted by molar-refractivity contribution is 5.99. The number of nitrogens with zero attached hydrogens (tertiary/aromatic N) is 3. The SMILES string of the molecule is CC1N(CC(=O)N2CCCC2)C(=O)C12CCCN2C(=O)OCc1ccccc1. The van der Waals surface area contributed by atoms with Crippen molar-refractivity contribution in [3.63, 3.8) is 0 Å². The van der Waals surface area contributed by atoms with Gasteiger partial charge >= 0.3 is 6.09 Å². The van der Waals surface area contributed by atoms with Gasteiger partial charge in [0.15, 0.2) is 0 Å². The number of amides is 3. The second-order valence-corrected chi connectivity index (χ2v) is 7.92. The Kier molecular flexibility index (Phi) is 5.00. The molecule has 4 rings (SSSR count). The average Bonchev–Trinajstić information content (AvgIpc) is 3.41. The van der Waals surface area contributed by atoms with Gasteiger partial charge in [-0.2, -0.15) is 0 Å². The molecule has 3 heterocycles. The summed E-state index contributed by atoms with van der Waals surface area (Å²) in [5.41, 5.74) is 0.0638. The molecule has 1 aromatic carbocycles. The summed E-state index contributed by atoms with van der Waals surface area (Å²) in [5.74, 6) is -0.120. The monoisotopic (exact) mass is 385 g/mol. The number of benzene rings is 1. The molecule has 0 saturated carbocycles. The van der Waals surface area contributed by atoms with Crippen molar-refractivity contribution in [2.45, 2.75) is 50.8 Å². The molecule has 2 unspecified atom stereocenters. The average molecular weight is 385 g/mol. The van der Waals surface area contributed by atoms with Crippen LogP contribution in [0.1, 0.15) is 38.2 Å². The zero-order valence-electron chi connectivity index (χ0n) is 16.3. The van der Waals surface area contributed by atoms with E-state index in [0.29, 0.717) is 13.0 Å². The molecule has 0 radical (unpaired) electrons. The van der Waals surface area contributed by atoms with Crippen LogP contribution in [0.15, 0.2) is 30.3 Å². The van der Waals surface area contributed by atoms with Crippen LogP contribution in [0.5, 0.6) is 0 Å². The zero-order valence-corrected chi connectivity index (χ0v) is 16.3. The summed E-state index contributed by atoms with van der Waals surface area (Å²) >= 11 is 0. The van der Waals surface area contributed by atoms with E-state index in [1.54, 1.807) is 9.80 Å². The molecule has 3 amide bonds. The minimum absolute atomic E-state index is 0.00347. The van der Waals surface area contributed by atoms with Gasteiger partial charge in [0.25, 0.3) is 5.91 Å². The van der Waals surface area contributed by atoms with E-state index in [4.69, 9.17) is 4.74 Å². The summed E-state index contributed by atoms with van der Waals surface area (Å²) in [7, 11) is 0. The summed E-state index contributed by atoms with van der Waals surface area (Å²) < 4.78 is 5.48. The molecule has 0 N–H and O–H groups in total. The first-order valence-electron chi connectivity index (χ1n) is 10.1. The van der Waals surface area contributed by atoms with Crippen molar-refractivity contribution >= 4 is 17.9 Å². The van der Waals surface area contributed by atoms with E-state index in [2.05, 4.69) is 0 Å². The quantitative estimate of drug-likeness (QED) is 0.744. The highest BCUT2D eigenvalue weighted by Gasteiger charge is 2.65. The smallest absolute Gasteiger partial charge is 0.411 e. The van der Waals surface area contributed by atoms with E-state index < -0.39 is 11.6 Å². The Hall–Kier alpha value is -2.57. The molecule has 7 heteroatoms. The molecular weight excluding hydrogens is 358 g/mol. The second kappa shape index (κ2) is 7.45. The van der Waals surface area contributed by atoms with E-state index in [-0.39, 0.29) is 31.0 Å². The lowest BCUT2D eigenvalue weighted by Gasteiger charge is -2.56. The Morgan fingerprint density at radius 2 is 1.82 bits per heavy atom. The van der Waals surface area contributed by atoms with Gasteiger partial charge in [0.2, 0.25) is 5.91 Å². The van der Waals surface area contributed by atoms with Crippen LogP contribution in [0.25, 0.3) is 0 Å². The first-order valence-corrected chi connectivity index (χ1v) is 10.1. The van der Waals surface area contributed by atoms with Gasteiger partial charge in [0, 0.05) is 19.6 Å². The number of carbonyl (C=O) groups is 3. The fraction of sp³-hybridized carbons (Fsp3) is 0.571. The van der Waals surface area contributed by atoms with Gasteiger partial charge < -0.3 is 14.5 Å². The van der Waals surface area contributed by atoms with Crippen molar-refractivity contribution in [1.29, 1.82) is 0 Å². The van der Waals surface area contributed by atoms with Gasteiger partial charge in [0.1, 0.15) is 18.7 Å². The lowest BCUT2D eigenvalue weighted by atomic mass is 9.77. The van der Waals surface area contributed by atoms with Gasteiger partial charge in [-0.25, -0.2) is 4.79 Å². The van der Waals surface area contributed by atoms with Crippen LogP contribution in [-0.4, -0.2) is 70.4 Å². The highest BCUT2D eigenvalue weighted by atomic mass is 16.6. The predicted molar refractivity (Wildman–Crippen MR) is 102 cm³/mol. The molecule has 7 nitrogen and oxygen atoms in total. The van der Waals surface area contributed by atoms with E-state index >= 15 is 0 Å². The summed E-state index contributed by atoms with van der Waals surface area (Å²) in [5, 5.41) is 0. The van der Waals surface area contributed by atoms with Gasteiger partial charge in [-0.1, -0.05) is 30.3 Å². The fourth-order valence-electron chi connectivity index (χ4n) is 4.77. The summed E-state index contributed by atoms with van der Waals surface area (Å²) in [4.78, 5) is 43.2. The van der Waals surface area contributed by atoms with Gasteiger partial charge in [-0.15, -0.1) is 0 Å². The molecule has 3 aliphatic rings. The van der Waals surface area contributed by atoms with E-state index in [1.165, 1.54) is 0 Å². The third-order valence-corrected chi connectivity index (χ3v) is 6.40. The maximum absolute atomic E-state index is 13.0. The summed E-state index contributed by atoms with van der Waals surface area (Å²) in [6.07, 6.45) is 3.00. The first kappa shape index (κ1) is 18.8. The molecule has 150 valence electrons. The number of ether oxygens (including phenoxy) is 1. The van der Waals surface area contributed by atoms with Crippen molar-refractivity contribution in [2.75, 3.05) is 26.2 Å². The number of hydrogen-bond donors (Lipinski definition) is 0. The second-order valence-electron chi connectivity index (χ2n) is 7.92. The van der Waals surface area contributed by atoms with E-state index in [0.717, 1.165) is 37.9 Å². The van der Waals surface area contributed by atoms with Crippen LogP contribution in [0.3, 0.4) is 0 Å². The number of β-lactam (4-membered cyclic amide) rings is 1. The molecule has 28 heavy (non-hydrogen) atoms. The molecule has 0 aromatic heterocycles. The molecule has 3 saturated heterocycles. The molecule has 0 aliphatic carbocycles. The van der Waals surface area contributed by atoms with Gasteiger partial charge in [-0.05, 0) is 38.2 Å². The van der Waals surface area contributed by atoms with Crippen LogP contribution < -0.4 is 0 Å². The molecule has 1 aromatic rings. The molecule has 3 aliphatic heterocycles. The minimum Gasteiger partial charge on any atom is -0.445 e. The van der Waals surface area contributed by atoms with Crippen molar-refractivity contribution in [2.24, 2.45) is 0 Å². The van der Waals surface area contributed by atoms with Crippen molar-refractivity contribution in [3.8, 4) is 0 Å². The molecule has 3 fully saturated rings. The van der Waals surface area contributed by atoms with Crippen molar-refractivity contribution in [3.05, 3.63) is 35.9 Å². The van der Waals surface area contributed by atoms with Gasteiger partial charge in [-0.3, -0.25) is 14.5 Å². The minimum atomic E-state index is -0.848. The topological polar surface area (TPSA) is 70.2 Å². The Labute approximate surface area is 165 Å². The largest absolute Gasteiger partial charge is 0.445 e.